The van der Waals surface area contributed by atoms with Gasteiger partial charge in [-0.1, -0.05) is 36.4 Å². The van der Waals surface area contributed by atoms with Gasteiger partial charge in [-0.3, -0.25) is 0 Å². The zero-order valence-corrected chi connectivity index (χ0v) is 12.6. The fourth-order valence-electron chi connectivity index (χ4n) is 1.66. The Kier molecular flexibility index (Phi) is 3.85. The smallest absolute Gasteiger partial charge is 0.336 e. The standard InChI is InChI=1S/C12H10O2.Cd/c1-8-6-7-9-4-2-3-5-10(9)11(8)12(13)14;/h2-7H,1H3,(H,13,14);. The molecule has 0 saturated heterocycles. The van der Waals surface area contributed by atoms with Crippen LogP contribution in [0.1, 0.15) is 15.9 Å². The number of rotatable bonds is 1. The number of carbonyl (C=O) groups is 1. The third-order valence-electron chi connectivity index (χ3n) is 2.35. The van der Waals surface area contributed by atoms with E-state index in [-0.39, 0.29) is 27.3 Å². The number of carboxylic acids is 1. The Morgan fingerprint density at radius 2 is 1.80 bits per heavy atom. The van der Waals surface area contributed by atoms with Gasteiger partial charge in [0.25, 0.3) is 0 Å². The molecule has 0 radical (unpaired) electrons. The molecule has 0 atom stereocenters. The van der Waals surface area contributed by atoms with Crippen LogP contribution in [0.25, 0.3) is 10.8 Å². The monoisotopic (exact) mass is 300 g/mol. The summed E-state index contributed by atoms with van der Waals surface area (Å²) in [6.45, 7) is 1.82. The molecule has 0 aliphatic rings. The van der Waals surface area contributed by atoms with E-state index in [1.165, 1.54) is 0 Å². The van der Waals surface area contributed by atoms with E-state index >= 15 is 0 Å². The third-order valence-corrected chi connectivity index (χ3v) is 2.35. The molecule has 1 N–H and O–H groups in total. The Hall–Kier alpha value is -0.908. The maximum atomic E-state index is 11.0. The van der Waals surface area contributed by atoms with E-state index in [0.717, 1.165) is 16.3 Å². The van der Waals surface area contributed by atoms with Crippen molar-refractivity contribution in [1.82, 2.24) is 0 Å². The van der Waals surface area contributed by atoms with Gasteiger partial charge < -0.3 is 5.11 Å². The fraction of sp³-hybridized carbons (Fsp3) is 0.0833. The molecule has 0 aliphatic carbocycles. The average Bonchev–Trinajstić information content (AvgIpc) is 2.17. The molecule has 0 spiro atoms. The van der Waals surface area contributed by atoms with Crippen molar-refractivity contribution in [2.45, 2.75) is 6.92 Å². The quantitative estimate of drug-likeness (QED) is 0.822. The summed E-state index contributed by atoms with van der Waals surface area (Å²) in [5.74, 6) is -0.862. The van der Waals surface area contributed by atoms with E-state index < -0.39 is 5.97 Å². The molecule has 2 aromatic rings. The van der Waals surface area contributed by atoms with Crippen molar-refractivity contribution in [1.29, 1.82) is 0 Å². The minimum absolute atomic E-state index is 0. The minimum Gasteiger partial charge on any atom is -0.478 e. The van der Waals surface area contributed by atoms with Crippen molar-refractivity contribution >= 4 is 16.7 Å². The van der Waals surface area contributed by atoms with Crippen molar-refractivity contribution in [3.8, 4) is 0 Å². The predicted octanol–water partition coefficient (Wildman–Crippen LogP) is 2.84. The molecule has 0 aromatic heterocycles. The molecule has 0 aliphatic heterocycles. The molecule has 72 valence electrons. The Labute approximate surface area is 108 Å². The number of fused-ring (bicyclic) bond motifs is 1. The Bertz CT molecular complexity index is 506. The molecular weight excluding hydrogens is 289 g/mol. The first kappa shape index (κ1) is 12.2. The van der Waals surface area contributed by atoms with E-state index in [0.29, 0.717) is 5.56 Å². The molecule has 15 heavy (non-hydrogen) atoms. The van der Waals surface area contributed by atoms with Crippen molar-refractivity contribution in [2.24, 2.45) is 0 Å². The molecule has 0 unspecified atom stereocenters. The van der Waals surface area contributed by atoms with Crippen LogP contribution in [-0.4, -0.2) is 11.1 Å². The summed E-state index contributed by atoms with van der Waals surface area (Å²) in [6.07, 6.45) is 0. The number of hydrogen-bond acceptors (Lipinski definition) is 1. The maximum Gasteiger partial charge on any atom is 0.336 e. The summed E-state index contributed by atoms with van der Waals surface area (Å²) < 4.78 is 0. The van der Waals surface area contributed by atoms with E-state index in [1.54, 1.807) is 0 Å². The van der Waals surface area contributed by atoms with E-state index in [4.69, 9.17) is 5.11 Å². The van der Waals surface area contributed by atoms with Crippen LogP contribution in [0.4, 0.5) is 0 Å². The molecule has 0 saturated carbocycles. The summed E-state index contributed by atoms with van der Waals surface area (Å²) in [5.41, 5.74) is 1.21. The number of carboxylic acid groups (broad SMARTS) is 1. The first-order chi connectivity index (χ1) is 6.70. The van der Waals surface area contributed by atoms with Crippen LogP contribution in [-0.2, 0) is 27.3 Å². The van der Waals surface area contributed by atoms with Gasteiger partial charge in [-0.25, -0.2) is 4.79 Å². The molecule has 2 rings (SSSR count). The average molecular weight is 299 g/mol. The van der Waals surface area contributed by atoms with Gasteiger partial charge >= 0.3 is 5.97 Å². The first-order valence-electron chi connectivity index (χ1n) is 4.42. The van der Waals surface area contributed by atoms with Crippen LogP contribution in [0.15, 0.2) is 36.4 Å². The van der Waals surface area contributed by atoms with Crippen LogP contribution in [0.2, 0.25) is 0 Å². The van der Waals surface area contributed by atoms with E-state index in [9.17, 15) is 4.79 Å². The van der Waals surface area contributed by atoms with Gasteiger partial charge in [0.1, 0.15) is 0 Å². The van der Waals surface area contributed by atoms with Crippen LogP contribution in [0.3, 0.4) is 0 Å². The van der Waals surface area contributed by atoms with Crippen molar-refractivity contribution in [3.63, 3.8) is 0 Å². The molecule has 0 heterocycles. The zero-order chi connectivity index (χ0) is 10.1. The van der Waals surface area contributed by atoms with Crippen LogP contribution in [0.5, 0.6) is 0 Å². The predicted molar refractivity (Wildman–Crippen MR) is 55.6 cm³/mol. The Morgan fingerprint density at radius 1 is 1.13 bits per heavy atom. The minimum atomic E-state index is -0.862. The van der Waals surface area contributed by atoms with Crippen LogP contribution >= 0.6 is 0 Å². The molecule has 0 fully saturated rings. The fourth-order valence-corrected chi connectivity index (χ4v) is 1.66. The SMILES string of the molecule is Cc1ccc2ccccc2c1C(=O)O.[Cd]. The summed E-state index contributed by atoms with van der Waals surface area (Å²) in [7, 11) is 0. The second kappa shape index (κ2) is 4.74. The summed E-state index contributed by atoms with van der Waals surface area (Å²) in [6, 6.07) is 11.3. The number of benzene rings is 2. The molecule has 3 heteroatoms. The molecule has 0 amide bonds. The normalized spacial score (nSPS) is 9.67. The number of hydrogen-bond donors (Lipinski definition) is 1. The summed E-state index contributed by atoms with van der Waals surface area (Å²) >= 11 is 0. The number of aromatic carboxylic acids is 1. The van der Waals surface area contributed by atoms with Gasteiger partial charge in [0.15, 0.2) is 0 Å². The van der Waals surface area contributed by atoms with Gasteiger partial charge in [0.05, 0.1) is 5.56 Å². The van der Waals surface area contributed by atoms with Gasteiger partial charge in [-0.05, 0) is 23.3 Å². The second-order valence-corrected chi connectivity index (χ2v) is 3.28. The molecule has 2 nitrogen and oxygen atoms in total. The topological polar surface area (TPSA) is 37.3 Å². The summed E-state index contributed by atoms with van der Waals surface area (Å²) in [5, 5.41) is 10.8. The molecular formula is C12H10CdO2. The van der Waals surface area contributed by atoms with Gasteiger partial charge in [0, 0.05) is 27.3 Å². The number of aryl methyl sites for hydroxylation is 1. The van der Waals surface area contributed by atoms with Crippen LogP contribution in [0, 0.1) is 6.92 Å². The summed E-state index contributed by atoms with van der Waals surface area (Å²) in [4.78, 5) is 11.0. The molecule has 2 aromatic carbocycles. The zero-order valence-electron chi connectivity index (χ0n) is 8.53. The van der Waals surface area contributed by atoms with Gasteiger partial charge in [0.2, 0.25) is 0 Å². The largest absolute Gasteiger partial charge is 0.478 e. The first-order valence-corrected chi connectivity index (χ1v) is 4.42. The maximum absolute atomic E-state index is 11.0. The Balaban J connectivity index is 0.00000112. The van der Waals surface area contributed by atoms with Crippen LogP contribution < -0.4 is 0 Å². The van der Waals surface area contributed by atoms with Gasteiger partial charge in [-0.15, -0.1) is 0 Å². The third kappa shape index (κ3) is 2.19. The van der Waals surface area contributed by atoms with Gasteiger partial charge in [-0.2, -0.15) is 0 Å². The van der Waals surface area contributed by atoms with Crippen molar-refractivity contribution in [2.75, 3.05) is 0 Å². The van der Waals surface area contributed by atoms with E-state index in [2.05, 4.69) is 0 Å². The Morgan fingerprint density at radius 3 is 2.47 bits per heavy atom. The second-order valence-electron chi connectivity index (χ2n) is 3.28. The van der Waals surface area contributed by atoms with E-state index in [1.807, 2.05) is 43.3 Å². The van der Waals surface area contributed by atoms with Crippen molar-refractivity contribution in [3.05, 3.63) is 47.5 Å². The van der Waals surface area contributed by atoms with Crippen molar-refractivity contribution < 1.29 is 37.2 Å². The molecule has 0 bridgehead atoms.